The molecule has 0 atom stereocenters. The van der Waals surface area contributed by atoms with E-state index in [1.807, 2.05) is 11.9 Å². The highest BCUT2D eigenvalue weighted by molar-refractivity contribution is 7.89. The van der Waals surface area contributed by atoms with Crippen molar-refractivity contribution in [2.24, 2.45) is 0 Å². The van der Waals surface area contributed by atoms with Crippen molar-refractivity contribution >= 4 is 21.6 Å². The molecule has 1 aliphatic rings. The zero-order valence-electron chi connectivity index (χ0n) is 16.5. The van der Waals surface area contributed by atoms with Crippen LogP contribution >= 0.6 is 0 Å². The predicted octanol–water partition coefficient (Wildman–Crippen LogP) is 3.20. The van der Waals surface area contributed by atoms with Crippen molar-refractivity contribution in [3.8, 4) is 0 Å². The number of piperazine rings is 1. The van der Waals surface area contributed by atoms with E-state index in [9.17, 15) is 26.4 Å². The van der Waals surface area contributed by atoms with Crippen molar-refractivity contribution in [3.05, 3.63) is 59.2 Å². The van der Waals surface area contributed by atoms with E-state index in [2.05, 4.69) is 5.32 Å². The molecule has 1 amide bonds. The van der Waals surface area contributed by atoms with Gasteiger partial charge in [0.05, 0.1) is 10.5 Å². The van der Waals surface area contributed by atoms with E-state index < -0.39 is 27.7 Å². The largest absolute Gasteiger partial charge is 0.416 e. The van der Waals surface area contributed by atoms with Gasteiger partial charge in [0, 0.05) is 37.4 Å². The summed E-state index contributed by atoms with van der Waals surface area (Å²) in [5.41, 5.74) is -0.378. The smallest absolute Gasteiger partial charge is 0.322 e. The van der Waals surface area contributed by atoms with E-state index in [0.29, 0.717) is 31.7 Å². The Morgan fingerprint density at radius 1 is 1.03 bits per heavy atom. The van der Waals surface area contributed by atoms with Crippen LogP contribution in [0, 0.1) is 6.92 Å². The summed E-state index contributed by atoms with van der Waals surface area (Å²) >= 11 is 0. The molecular weight excluding hydrogens is 419 g/mol. The van der Waals surface area contributed by atoms with E-state index in [4.69, 9.17) is 0 Å². The Bertz CT molecular complexity index is 1050. The Kier molecular flexibility index (Phi) is 6.21. The molecule has 6 nitrogen and oxygen atoms in total. The van der Waals surface area contributed by atoms with Gasteiger partial charge in [-0.15, -0.1) is 0 Å². The fourth-order valence-electron chi connectivity index (χ4n) is 3.16. The second-order valence-electron chi connectivity index (χ2n) is 7.22. The molecule has 10 heteroatoms. The molecule has 0 spiro atoms. The monoisotopic (exact) mass is 441 g/mol. The van der Waals surface area contributed by atoms with Gasteiger partial charge in [-0.3, -0.25) is 4.79 Å². The number of alkyl halides is 3. The van der Waals surface area contributed by atoms with Crippen LogP contribution in [0.25, 0.3) is 0 Å². The van der Waals surface area contributed by atoms with Crippen molar-refractivity contribution < 1.29 is 26.4 Å². The molecule has 2 aromatic carbocycles. The predicted molar refractivity (Wildman–Crippen MR) is 107 cm³/mol. The maximum Gasteiger partial charge on any atom is 0.416 e. The van der Waals surface area contributed by atoms with Crippen LogP contribution in [0.3, 0.4) is 0 Å². The molecule has 0 aromatic heterocycles. The fourth-order valence-corrected chi connectivity index (χ4v) is 4.84. The van der Waals surface area contributed by atoms with Crippen LogP contribution in [0.5, 0.6) is 0 Å². The fraction of sp³-hybridized carbons (Fsp3) is 0.350. The highest BCUT2D eigenvalue weighted by Crippen LogP contribution is 2.31. The molecule has 2 aromatic rings. The van der Waals surface area contributed by atoms with Crippen LogP contribution in [-0.4, -0.2) is 56.8 Å². The average molecular weight is 441 g/mol. The Morgan fingerprint density at radius 2 is 1.70 bits per heavy atom. The molecule has 1 fully saturated rings. The van der Waals surface area contributed by atoms with Gasteiger partial charge in [0.2, 0.25) is 10.0 Å². The topological polar surface area (TPSA) is 69.7 Å². The summed E-state index contributed by atoms with van der Waals surface area (Å²) in [7, 11) is -1.88. The first kappa shape index (κ1) is 22.3. The summed E-state index contributed by atoms with van der Waals surface area (Å²) in [6, 6.07) is 8.49. The molecule has 0 bridgehead atoms. The highest BCUT2D eigenvalue weighted by atomic mass is 32.2. The maximum absolute atomic E-state index is 13.1. The van der Waals surface area contributed by atoms with E-state index in [1.54, 1.807) is 6.92 Å². The lowest BCUT2D eigenvalue weighted by atomic mass is 10.1. The minimum atomic E-state index is -4.53. The number of nitrogens with one attached hydrogen (secondary N) is 1. The van der Waals surface area contributed by atoms with E-state index >= 15 is 0 Å². The SMILES string of the molecule is Cc1ccc(C(=O)Nc2cccc(C(F)(F)F)c2)cc1S(=O)(=O)N1CCN(C)CC1. The Labute approximate surface area is 173 Å². The van der Waals surface area contributed by atoms with Gasteiger partial charge in [-0.05, 0) is 49.9 Å². The van der Waals surface area contributed by atoms with Crippen LogP contribution < -0.4 is 5.32 Å². The highest BCUT2D eigenvalue weighted by Gasteiger charge is 2.31. The van der Waals surface area contributed by atoms with Crippen LogP contribution in [0.2, 0.25) is 0 Å². The first-order valence-electron chi connectivity index (χ1n) is 9.26. The lowest BCUT2D eigenvalue weighted by Gasteiger charge is -2.32. The van der Waals surface area contributed by atoms with Gasteiger partial charge in [0.25, 0.3) is 5.91 Å². The number of carbonyl (C=O) groups excluding carboxylic acids is 1. The molecule has 1 aliphatic heterocycles. The van der Waals surface area contributed by atoms with Gasteiger partial charge < -0.3 is 10.2 Å². The van der Waals surface area contributed by atoms with E-state index in [-0.39, 0.29) is 16.1 Å². The summed E-state index contributed by atoms with van der Waals surface area (Å²) in [5, 5.41) is 2.40. The number of hydrogen-bond acceptors (Lipinski definition) is 4. The minimum absolute atomic E-state index is 0.0174. The Morgan fingerprint density at radius 3 is 2.33 bits per heavy atom. The number of aryl methyl sites for hydroxylation is 1. The molecule has 0 saturated carbocycles. The number of halogens is 3. The van der Waals surface area contributed by atoms with Gasteiger partial charge in [0.15, 0.2) is 0 Å². The van der Waals surface area contributed by atoms with Crippen LogP contribution in [0.1, 0.15) is 21.5 Å². The lowest BCUT2D eigenvalue weighted by molar-refractivity contribution is -0.137. The molecule has 0 radical (unpaired) electrons. The zero-order valence-corrected chi connectivity index (χ0v) is 17.3. The van der Waals surface area contributed by atoms with E-state index in [1.165, 1.54) is 34.6 Å². The number of anilines is 1. The first-order chi connectivity index (χ1) is 14.0. The quantitative estimate of drug-likeness (QED) is 0.791. The number of amides is 1. The third-order valence-corrected chi connectivity index (χ3v) is 7.02. The molecule has 30 heavy (non-hydrogen) atoms. The summed E-state index contributed by atoms with van der Waals surface area (Å²) in [6.45, 7) is 3.54. The number of rotatable bonds is 4. The van der Waals surface area contributed by atoms with Crippen molar-refractivity contribution in [2.75, 3.05) is 38.5 Å². The second-order valence-corrected chi connectivity index (χ2v) is 9.13. The molecule has 1 N–H and O–H groups in total. The van der Waals surface area contributed by atoms with E-state index in [0.717, 1.165) is 12.1 Å². The summed E-state index contributed by atoms with van der Waals surface area (Å²) < 4.78 is 66.1. The number of sulfonamides is 1. The van der Waals surface area contributed by atoms with Crippen molar-refractivity contribution in [3.63, 3.8) is 0 Å². The molecule has 0 unspecified atom stereocenters. The number of nitrogens with zero attached hydrogens (tertiary/aromatic N) is 2. The number of hydrogen-bond donors (Lipinski definition) is 1. The Balaban J connectivity index is 1.85. The summed E-state index contributed by atoms with van der Waals surface area (Å²) in [5.74, 6) is -0.691. The third-order valence-electron chi connectivity index (χ3n) is 4.98. The standard InChI is InChI=1S/C20H22F3N3O3S/c1-14-6-7-15(12-18(14)30(28,29)26-10-8-25(2)9-11-26)19(27)24-17-5-3-4-16(13-17)20(21,22)23/h3-7,12-13H,8-11H2,1-2H3,(H,24,27). The van der Waals surface area contributed by atoms with Crippen molar-refractivity contribution in [1.29, 1.82) is 0 Å². The molecule has 0 aliphatic carbocycles. The maximum atomic E-state index is 13.1. The summed E-state index contributed by atoms with van der Waals surface area (Å²) in [4.78, 5) is 14.6. The average Bonchev–Trinajstić information content (AvgIpc) is 2.68. The van der Waals surface area contributed by atoms with Gasteiger partial charge >= 0.3 is 6.18 Å². The molecular formula is C20H22F3N3O3S. The lowest BCUT2D eigenvalue weighted by Crippen LogP contribution is -2.47. The van der Waals surface area contributed by atoms with Gasteiger partial charge in [-0.2, -0.15) is 17.5 Å². The van der Waals surface area contributed by atoms with Gasteiger partial charge in [-0.25, -0.2) is 8.42 Å². The van der Waals surface area contributed by atoms with Gasteiger partial charge in [-0.1, -0.05) is 12.1 Å². The molecule has 3 rings (SSSR count). The normalized spacial score (nSPS) is 16.4. The van der Waals surface area contributed by atoms with Crippen LogP contribution in [-0.2, 0) is 16.2 Å². The minimum Gasteiger partial charge on any atom is -0.322 e. The van der Waals surface area contributed by atoms with Crippen molar-refractivity contribution in [2.45, 2.75) is 18.0 Å². The Hall–Kier alpha value is -2.43. The van der Waals surface area contributed by atoms with Crippen LogP contribution in [0.4, 0.5) is 18.9 Å². The van der Waals surface area contributed by atoms with Gasteiger partial charge in [0.1, 0.15) is 0 Å². The molecule has 162 valence electrons. The van der Waals surface area contributed by atoms with Crippen LogP contribution in [0.15, 0.2) is 47.4 Å². The van der Waals surface area contributed by atoms with Crippen molar-refractivity contribution in [1.82, 2.24) is 9.21 Å². The third kappa shape index (κ3) is 4.82. The number of benzene rings is 2. The zero-order chi connectivity index (χ0) is 22.1. The second kappa shape index (κ2) is 8.37. The number of carbonyl (C=O) groups is 1. The molecule has 1 heterocycles. The molecule has 1 saturated heterocycles. The number of likely N-dealkylation sites (N-methyl/N-ethyl adjacent to an activating group) is 1. The first-order valence-corrected chi connectivity index (χ1v) is 10.7. The summed E-state index contributed by atoms with van der Waals surface area (Å²) in [6.07, 6.45) is -4.53.